The third-order valence-corrected chi connectivity index (χ3v) is 8.32. The summed E-state index contributed by atoms with van der Waals surface area (Å²) in [5.74, 6) is 1.42. The Morgan fingerprint density at radius 3 is 1.95 bits per heavy atom. The van der Waals surface area contributed by atoms with Gasteiger partial charge < -0.3 is 10.6 Å². The van der Waals surface area contributed by atoms with Gasteiger partial charge in [0.05, 0.1) is 17.5 Å². The highest BCUT2D eigenvalue weighted by atomic mass is 32.2. The summed E-state index contributed by atoms with van der Waals surface area (Å²) >= 11 is 1.76. The van der Waals surface area contributed by atoms with E-state index in [1.165, 1.54) is 11.1 Å². The van der Waals surface area contributed by atoms with Crippen LogP contribution in [0.5, 0.6) is 0 Å². The summed E-state index contributed by atoms with van der Waals surface area (Å²) in [5, 5.41) is 16.9. The first-order valence-electron chi connectivity index (χ1n) is 14.1. The van der Waals surface area contributed by atoms with Gasteiger partial charge in [0.1, 0.15) is 0 Å². The van der Waals surface area contributed by atoms with Gasteiger partial charge in [-0.15, -0.1) is 0 Å². The lowest BCUT2D eigenvalue weighted by Crippen LogP contribution is -2.45. The van der Waals surface area contributed by atoms with Gasteiger partial charge in [0, 0.05) is 12.5 Å². The average Bonchev–Trinajstić information content (AvgIpc) is 2.98. The van der Waals surface area contributed by atoms with Crippen molar-refractivity contribution in [1.29, 1.82) is 5.26 Å². The maximum absolute atomic E-state index is 13.2. The number of benzene rings is 3. The molecule has 0 saturated heterocycles. The number of nitrogens with zero attached hydrogens (tertiary/aromatic N) is 1. The number of thioether (sulfide) groups is 1. The first-order chi connectivity index (χ1) is 19.0. The summed E-state index contributed by atoms with van der Waals surface area (Å²) < 4.78 is 0. The van der Waals surface area contributed by atoms with Crippen LogP contribution >= 0.6 is 11.8 Å². The highest BCUT2D eigenvalue weighted by Gasteiger charge is 2.35. The van der Waals surface area contributed by atoms with Crippen molar-refractivity contribution in [3.05, 3.63) is 108 Å². The maximum Gasteiger partial charge on any atom is 0.237 e. The highest BCUT2D eigenvalue weighted by molar-refractivity contribution is 7.98. The molecular formula is C34H43N3OS. The topological polar surface area (TPSA) is 64.9 Å². The minimum absolute atomic E-state index is 0.0480. The van der Waals surface area contributed by atoms with Crippen molar-refractivity contribution in [2.75, 3.05) is 25.1 Å². The summed E-state index contributed by atoms with van der Waals surface area (Å²) in [5.41, 5.74) is 3.09. The molecule has 5 heteroatoms. The van der Waals surface area contributed by atoms with E-state index in [0.29, 0.717) is 13.0 Å². The second-order valence-electron chi connectivity index (χ2n) is 10.4. The Labute approximate surface area is 239 Å². The summed E-state index contributed by atoms with van der Waals surface area (Å²) in [6, 6.07) is 33.6. The Morgan fingerprint density at radius 2 is 1.44 bits per heavy atom. The Balaban J connectivity index is 1.57. The zero-order valence-corrected chi connectivity index (χ0v) is 24.4. The van der Waals surface area contributed by atoms with Crippen LogP contribution in [0.15, 0.2) is 91.0 Å². The van der Waals surface area contributed by atoms with Crippen molar-refractivity contribution in [3.8, 4) is 6.07 Å². The van der Waals surface area contributed by atoms with Crippen molar-refractivity contribution >= 4 is 17.7 Å². The second-order valence-corrected chi connectivity index (χ2v) is 11.4. The van der Waals surface area contributed by atoms with Crippen LogP contribution in [0.2, 0.25) is 0 Å². The zero-order chi connectivity index (χ0) is 27.9. The standard InChI is InChI=1S/C34H43N3OS/c1-27(2)34(26-35,30-18-11-6-12-19-30)22-13-23-37-33(38)32(21-25-39-3)36-24-20-31(28-14-7-4-8-15-28)29-16-9-5-10-17-29/h4-12,14-19,27,31-32,36H,13,20-25H2,1-3H3,(H,37,38)/t32-,34-/m0/s1. The Bertz CT molecular complexity index is 1110. The predicted octanol–water partition coefficient (Wildman–Crippen LogP) is 6.93. The van der Waals surface area contributed by atoms with E-state index >= 15 is 0 Å². The number of nitriles is 1. The molecule has 2 N–H and O–H groups in total. The maximum atomic E-state index is 13.2. The minimum atomic E-state index is -0.549. The number of rotatable bonds is 16. The molecule has 0 radical (unpaired) electrons. The molecule has 0 aromatic heterocycles. The highest BCUT2D eigenvalue weighted by Crippen LogP contribution is 2.36. The molecule has 1 amide bonds. The fourth-order valence-corrected chi connectivity index (χ4v) is 5.78. The van der Waals surface area contributed by atoms with Crippen LogP contribution in [0, 0.1) is 17.2 Å². The van der Waals surface area contributed by atoms with Gasteiger partial charge in [0.2, 0.25) is 5.91 Å². The Morgan fingerprint density at radius 1 is 0.872 bits per heavy atom. The zero-order valence-electron chi connectivity index (χ0n) is 23.6. The van der Waals surface area contributed by atoms with E-state index in [4.69, 9.17) is 0 Å². The lowest BCUT2D eigenvalue weighted by Gasteiger charge is -2.31. The number of carbonyl (C=O) groups excluding carboxylic acids is 1. The van der Waals surface area contributed by atoms with Crippen molar-refractivity contribution in [3.63, 3.8) is 0 Å². The van der Waals surface area contributed by atoms with Gasteiger partial charge in [-0.1, -0.05) is 105 Å². The van der Waals surface area contributed by atoms with Gasteiger partial charge in [-0.05, 0) is 66.8 Å². The third-order valence-electron chi connectivity index (χ3n) is 7.68. The third kappa shape index (κ3) is 8.71. The molecule has 3 aromatic rings. The number of carbonyl (C=O) groups is 1. The number of hydrogen-bond acceptors (Lipinski definition) is 4. The van der Waals surface area contributed by atoms with Gasteiger partial charge in [0.15, 0.2) is 0 Å². The van der Waals surface area contributed by atoms with Crippen LogP contribution < -0.4 is 10.6 Å². The Kier molecular flexibility index (Phi) is 12.6. The summed E-state index contributed by atoms with van der Waals surface area (Å²) in [6.07, 6.45) is 5.24. The first-order valence-corrected chi connectivity index (χ1v) is 15.5. The largest absolute Gasteiger partial charge is 0.355 e. The van der Waals surface area contributed by atoms with Crippen LogP contribution in [-0.4, -0.2) is 37.0 Å². The molecular weight excluding hydrogens is 498 g/mol. The molecule has 0 spiro atoms. The molecule has 0 fully saturated rings. The molecule has 0 unspecified atom stereocenters. The monoisotopic (exact) mass is 541 g/mol. The van der Waals surface area contributed by atoms with Crippen molar-refractivity contribution < 1.29 is 4.79 Å². The van der Waals surface area contributed by atoms with Crippen LogP contribution in [0.3, 0.4) is 0 Å². The predicted molar refractivity (Wildman–Crippen MR) is 165 cm³/mol. The lowest BCUT2D eigenvalue weighted by atomic mass is 9.70. The molecule has 3 aromatic carbocycles. The fourth-order valence-electron chi connectivity index (χ4n) is 5.31. The van der Waals surface area contributed by atoms with Crippen LogP contribution in [0.25, 0.3) is 0 Å². The van der Waals surface area contributed by atoms with Crippen LogP contribution in [-0.2, 0) is 10.2 Å². The van der Waals surface area contributed by atoms with E-state index in [2.05, 4.69) is 85.3 Å². The van der Waals surface area contributed by atoms with E-state index in [0.717, 1.165) is 37.1 Å². The van der Waals surface area contributed by atoms with Gasteiger partial charge in [-0.2, -0.15) is 17.0 Å². The van der Waals surface area contributed by atoms with E-state index in [1.807, 2.05) is 42.5 Å². The van der Waals surface area contributed by atoms with Crippen molar-refractivity contribution in [2.45, 2.75) is 56.9 Å². The second kappa shape index (κ2) is 16.1. The van der Waals surface area contributed by atoms with Crippen molar-refractivity contribution in [1.82, 2.24) is 10.6 Å². The smallest absolute Gasteiger partial charge is 0.237 e. The van der Waals surface area contributed by atoms with E-state index in [-0.39, 0.29) is 23.8 Å². The fraction of sp³-hybridized carbons (Fsp3) is 0.412. The van der Waals surface area contributed by atoms with Gasteiger partial charge >= 0.3 is 0 Å². The van der Waals surface area contributed by atoms with Crippen LogP contribution in [0.1, 0.15) is 62.1 Å². The first kappa shape index (κ1) is 30.5. The Hall–Kier alpha value is -3.07. The molecule has 0 bridgehead atoms. The SMILES string of the molecule is CSCC[C@H](NCCC(c1ccccc1)c1ccccc1)C(=O)NCCC[C@@](C#N)(c1ccccc1)C(C)C. The molecule has 2 atom stereocenters. The van der Waals surface area contributed by atoms with E-state index in [9.17, 15) is 10.1 Å². The van der Waals surface area contributed by atoms with Gasteiger partial charge in [-0.25, -0.2) is 0 Å². The molecule has 206 valence electrons. The van der Waals surface area contributed by atoms with Gasteiger partial charge in [-0.3, -0.25) is 4.79 Å². The number of amides is 1. The molecule has 0 aliphatic rings. The number of hydrogen-bond donors (Lipinski definition) is 2. The molecule has 0 heterocycles. The summed E-state index contributed by atoms with van der Waals surface area (Å²) in [4.78, 5) is 13.2. The molecule has 0 saturated carbocycles. The van der Waals surface area contributed by atoms with Crippen LogP contribution in [0.4, 0.5) is 0 Å². The molecule has 0 aliphatic carbocycles. The van der Waals surface area contributed by atoms with E-state index in [1.54, 1.807) is 11.8 Å². The van der Waals surface area contributed by atoms with Crippen molar-refractivity contribution in [2.24, 2.45) is 5.92 Å². The molecule has 3 rings (SSSR count). The summed E-state index contributed by atoms with van der Waals surface area (Å²) in [6.45, 7) is 5.53. The summed E-state index contributed by atoms with van der Waals surface area (Å²) in [7, 11) is 0. The normalized spacial score (nSPS) is 13.5. The van der Waals surface area contributed by atoms with E-state index < -0.39 is 5.41 Å². The minimum Gasteiger partial charge on any atom is -0.355 e. The van der Waals surface area contributed by atoms with Gasteiger partial charge in [0.25, 0.3) is 0 Å². The average molecular weight is 542 g/mol. The number of nitrogens with one attached hydrogen (secondary N) is 2. The molecule has 4 nitrogen and oxygen atoms in total. The molecule has 39 heavy (non-hydrogen) atoms. The lowest BCUT2D eigenvalue weighted by molar-refractivity contribution is -0.123. The molecule has 0 aliphatic heterocycles. The quantitative estimate of drug-likeness (QED) is 0.193.